The number of hydrogen-bond donors (Lipinski definition) is 2. The van der Waals surface area contributed by atoms with E-state index in [0.717, 1.165) is 18.7 Å². The zero-order chi connectivity index (χ0) is 11.8. The lowest BCUT2D eigenvalue weighted by Gasteiger charge is -2.11. The molecular weight excluding hydrogens is 236 g/mol. The minimum absolute atomic E-state index is 0.704. The van der Waals surface area contributed by atoms with Crippen LogP contribution in [0.3, 0.4) is 0 Å². The highest BCUT2D eigenvalue weighted by molar-refractivity contribution is 7.98. The van der Waals surface area contributed by atoms with Gasteiger partial charge in [0.25, 0.3) is 0 Å². The molecule has 0 unspecified atom stereocenters. The van der Waals surface area contributed by atoms with Gasteiger partial charge in [-0.15, -0.1) is 0 Å². The van der Waals surface area contributed by atoms with E-state index < -0.39 is 0 Å². The molecule has 0 spiro atoms. The Morgan fingerprint density at radius 2 is 2.12 bits per heavy atom. The molecule has 0 amide bonds. The maximum Gasteiger partial charge on any atom is 0.170 e. The second kappa shape index (κ2) is 7.52. The Morgan fingerprint density at radius 1 is 1.38 bits per heavy atom. The molecule has 0 aliphatic carbocycles. The molecule has 0 bridgehead atoms. The quantitative estimate of drug-likeness (QED) is 0.623. The summed E-state index contributed by atoms with van der Waals surface area (Å²) in [7, 11) is 0. The summed E-state index contributed by atoms with van der Waals surface area (Å²) >= 11 is 7.07. The summed E-state index contributed by atoms with van der Waals surface area (Å²) in [6.45, 7) is 3.00. The van der Waals surface area contributed by atoms with E-state index in [0.29, 0.717) is 5.11 Å². The third-order valence-corrected chi connectivity index (χ3v) is 3.15. The van der Waals surface area contributed by atoms with E-state index in [2.05, 4.69) is 29.9 Å². The van der Waals surface area contributed by atoms with Crippen molar-refractivity contribution in [3.8, 4) is 0 Å². The van der Waals surface area contributed by atoms with Crippen LogP contribution in [0.15, 0.2) is 24.3 Å². The summed E-state index contributed by atoms with van der Waals surface area (Å²) in [5.74, 6) is 1.17. The van der Waals surface area contributed by atoms with Gasteiger partial charge in [-0.25, -0.2) is 0 Å². The van der Waals surface area contributed by atoms with E-state index in [4.69, 9.17) is 12.2 Å². The van der Waals surface area contributed by atoms with Crippen molar-refractivity contribution >= 4 is 34.8 Å². The molecule has 0 heterocycles. The molecule has 0 aliphatic rings. The van der Waals surface area contributed by atoms with Gasteiger partial charge in [-0.2, -0.15) is 11.8 Å². The Morgan fingerprint density at radius 3 is 2.81 bits per heavy atom. The number of nitrogens with one attached hydrogen (secondary N) is 2. The summed E-state index contributed by atoms with van der Waals surface area (Å²) in [5.41, 5.74) is 2.28. The Hall–Kier alpha value is -0.740. The van der Waals surface area contributed by atoms with Gasteiger partial charge in [0.2, 0.25) is 0 Å². The molecule has 0 saturated heterocycles. The molecule has 1 aromatic carbocycles. The molecule has 0 fully saturated rings. The van der Waals surface area contributed by atoms with Gasteiger partial charge in [0.15, 0.2) is 5.11 Å². The summed E-state index contributed by atoms with van der Waals surface area (Å²) in [6.07, 6.45) is 3.25. The summed E-state index contributed by atoms with van der Waals surface area (Å²) in [6, 6.07) is 8.13. The number of hydrogen-bond acceptors (Lipinski definition) is 2. The van der Waals surface area contributed by atoms with Gasteiger partial charge in [-0.3, -0.25) is 0 Å². The minimum atomic E-state index is 0.704. The van der Waals surface area contributed by atoms with E-state index >= 15 is 0 Å². The third kappa shape index (κ3) is 4.86. The molecule has 2 N–H and O–H groups in total. The van der Waals surface area contributed by atoms with Crippen LogP contribution in [-0.4, -0.2) is 23.7 Å². The highest BCUT2D eigenvalue weighted by Gasteiger charge is 1.99. The van der Waals surface area contributed by atoms with Crippen molar-refractivity contribution in [3.05, 3.63) is 29.8 Å². The van der Waals surface area contributed by atoms with E-state index in [1.807, 2.05) is 30.0 Å². The molecule has 88 valence electrons. The Labute approximate surface area is 107 Å². The van der Waals surface area contributed by atoms with Gasteiger partial charge in [-0.1, -0.05) is 18.2 Å². The lowest BCUT2D eigenvalue weighted by molar-refractivity contribution is 0.855. The minimum Gasteiger partial charge on any atom is -0.362 e. The smallest absolute Gasteiger partial charge is 0.170 e. The number of rotatable bonds is 5. The Kier molecular flexibility index (Phi) is 6.26. The SMILES string of the molecule is CSCCCNC(=S)Nc1ccccc1C. The zero-order valence-electron chi connectivity index (χ0n) is 9.75. The lowest BCUT2D eigenvalue weighted by Crippen LogP contribution is -2.29. The molecule has 0 aromatic heterocycles. The average Bonchev–Trinajstić information content (AvgIpc) is 2.28. The highest BCUT2D eigenvalue weighted by Crippen LogP contribution is 2.12. The molecule has 2 nitrogen and oxygen atoms in total. The number of thioether (sulfide) groups is 1. The average molecular weight is 254 g/mol. The topological polar surface area (TPSA) is 24.1 Å². The van der Waals surface area contributed by atoms with Crippen LogP contribution in [0, 0.1) is 6.92 Å². The first kappa shape index (κ1) is 13.3. The van der Waals surface area contributed by atoms with Gasteiger partial charge in [0.05, 0.1) is 0 Å². The van der Waals surface area contributed by atoms with E-state index in [1.165, 1.54) is 11.3 Å². The number of para-hydroxylation sites is 1. The summed E-state index contributed by atoms with van der Waals surface area (Å²) < 4.78 is 0. The van der Waals surface area contributed by atoms with Crippen molar-refractivity contribution in [3.63, 3.8) is 0 Å². The van der Waals surface area contributed by atoms with Crippen molar-refractivity contribution in [2.75, 3.05) is 23.9 Å². The Balaban J connectivity index is 2.32. The fourth-order valence-electron chi connectivity index (χ4n) is 1.30. The highest BCUT2D eigenvalue weighted by atomic mass is 32.2. The summed E-state index contributed by atoms with van der Waals surface area (Å²) in [4.78, 5) is 0. The summed E-state index contributed by atoms with van der Waals surface area (Å²) in [5, 5.41) is 7.10. The van der Waals surface area contributed by atoms with Gasteiger partial charge in [-0.05, 0) is 49.2 Å². The van der Waals surface area contributed by atoms with E-state index in [9.17, 15) is 0 Å². The number of aryl methyl sites for hydroxylation is 1. The predicted molar refractivity (Wildman–Crippen MR) is 78.4 cm³/mol. The molecule has 0 aliphatic heterocycles. The van der Waals surface area contributed by atoms with Crippen molar-refractivity contribution in [1.82, 2.24) is 5.32 Å². The van der Waals surface area contributed by atoms with Crippen LogP contribution >= 0.6 is 24.0 Å². The molecule has 0 saturated carbocycles. The lowest BCUT2D eigenvalue weighted by atomic mass is 10.2. The van der Waals surface area contributed by atoms with Crippen molar-refractivity contribution in [2.24, 2.45) is 0 Å². The van der Waals surface area contributed by atoms with E-state index in [1.54, 1.807) is 0 Å². The first-order chi connectivity index (χ1) is 7.74. The predicted octanol–water partition coefficient (Wildman–Crippen LogP) is 3.03. The normalized spacial score (nSPS) is 9.88. The molecule has 4 heteroatoms. The Bertz CT molecular complexity index is 340. The van der Waals surface area contributed by atoms with Crippen LogP contribution in [0.4, 0.5) is 5.69 Å². The van der Waals surface area contributed by atoms with Crippen LogP contribution in [-0.2, 0) is 0 Å². The molecule has 0 atom stereocenters. The first-order valence-corrected chi connectivity index (χ1v) is 7.13. The first-order valence-electron chi connectivity index (χ1n) is 5.33. The van der Waals surface area contributed by atoms with Crippen molar-refractivity contribution in [1.29, 1.82) is 0 Å². The molecule has 1 aromatic rings. The van der Waals surface area contributed by atoms with Crippen LogP contribution < -0.4 is 10.6 Å². The largest absolute Gasteiger partial charge is 0.362 e. The van der Waals surface area contributed by atoms with Gasteiger partial charge in [0, 0.05) is 12.2 Å². The van der Waals surface area contributed by atoms with Crippen molar-refractivity contribution < 1.29 is 0 Å². The standard InChI is InChI=1S/C12H18N2S2/c1-10-6-3-4-7-11(10)14-12(15)13-8-5-9-16-2/h3-4,6-7H,5,8-9H2,1-2H3,(H2,13,14,15). The maximum atomic E-state index is 5.22. The van der Waals surface area contributed by atoms with Crippen LogP contribution in [0.1, 0.15) is 12.0 Å². The molecule has 1 rings (SSSR count). The monoisotopic (exact) mass is 254 g/mol. The number of anilines is 1. The fraction of sp³-hybridized carbons (Fsp3) is 0.417. The van der Waals surface area contributed by atoms with Crippen molar-refractivity contribution in [2.45, 2.75) is 13.3 Å². The van der Waals surface area contributed by atoms with E-state index in [-0.39, 0.29) is 0 Å². The van der Waals surface area contributed by atoms with Crippen LogP contribution in [0.25, 0.3) is 0 Å². The second-order valence-electron chi connectivity index (χ2n) is 3.54. The van der Waals surface area contributed by atoms with Gasteiger partial charge in [0.1, 0.15) is 0 Å². The third-order valence-electron chi connectivity index (χ3n) is 2.20. The zero-order valence-corrected chi connectivity index (χ0v) is 11.4. The molecular formula is C12H18N2S2. The van der Waals surface area contributed by atoms with Crippen LogP contribution in [0.5, 0.6) is 0 Å². The second-order valence-corrected chi connectivity index (χ2v) is 4.94. The molecule has 16 heavy (non-hydrogen) atoms. The van der Waals surface area contributed by atoms with Gasteiger partial charge < -0.3 is 10.6 Å². The number of benzene rings is 1. The van der Waals surface area contributed by atoms with Crippen LogP contribution in [0.2, 0.25) is 0 Å². The number of thiocarbonyl (C=S) groups is 1. The van der Waals surface area contributed by atoms with Gasteiger partial charge >= 0.3 is 0 Å². The maximum absolute atomic E-state index is 5.22. The fourth-order valence-corrected chi connectivity index (χ4v) is 1.94. The molecule has 0 radical (unpaired) electrons.